The Bertz CT molecular complexity index is 456. The van der Waals surface area contributed by atoms with E-state index in [-0.39, 0.29) is 17.8 Å². The number of hydrogen-bond donors (Lipinski definition) is 1. The van der Waals surface area contributed by atoms with Gasteiger partial charge in [0.05, 0.1) is 12.2 Å². The summed E-state index contributed by atoms with van der Waals surface area (Å²) in [6.45, 7) is 2.66. The van der Waals surface area contributed by atoms with E-state index in [9.17, 15) is 9.59 Å². The monoisotopic (exact) mass is 248 g/mol. The van der Waals surface area contributed by atoms with E-state index in [1.54, 1.807) is 19.1 Å². The smallest absolute Gasteiger partial charge is 0.338 e. The molecule has 1 unspecified atom stereocenters. The third-order valence-corrected chi connectivity index (χ3v) is 3.05. The average molecular weight is 248 g/mol. The number of amides is 1. The highest BCUT2D eigenvalue weighted by Crippen LogP contribution is 2.26. The molecule has 2 rings (SSSR count). The van der Waals surface area contributed by atoms with Crippen LogP contribution in [-0.2, 0) is 9.53 Å². The fraction of sp³-hybridized carbons (Fsp3) is 0.385. The first-order chi connectivity index (χ1) is 8.61. The van der Waals surface area contributed by atoms with E-state index < -0.39 is 0 Å². The van der Waals surface area contributed by atoms with Crippen LogP contribution in [0.15, 0.2) is 24.3 Å². The predicted octanol–water partition coefficient (Wildman–Crippen LogP) is 1.05. The molecule has 5 heteroatoms. The summed E-state index contributed by atoms with van der Waals surface area (Å²) < 4.78 is 4.91. The van der Waals surface area contributed by atoms with Crippen molar-refractivity contribution in [2.75, 3.05) is 13.2 Å². The zero-order valence-corrected chi connectivity index (χ0v) is 10.3. The molecule has 0 radical (unpaired) electrons. The number of carbonyl (C=O) groups excluding carboxylic acids is 2. The highest BCUT2D eigenvalue weighted by molar-refractivity contribution is 5.89. The molecule has 96 valence electrons. The lowest BCUT2D eigenvalue weighted by Gasteiger charge is -2.10. The maximum absolute atomic E-state index is 11.5. The number of carbonyl (C=O) groups is 2. The molecule has 1 atom stereocenters. The Morgan fingerprint density at radius 3 is 2.61 bits per heavy atom. The van der Waals surface area contributed by atoms with Crippen molar-refractivity contribution >= 4 is 11.9 Å². The molecule has 0 aliphatic carbocycles. The summed E-state index contributed by atoms with van der Waals surface area (Å²) >= 11 is 0. The lowest BCUT2D eigenvalue weighted by atomic mass is 9.97. The lowest BCUT2D eigenvalue weighted by molar-refractivity contribution is -0.127. The van der Waals surface area contributed by atoms with Gasteiger partial charge in [-0.05, 0) is 24.6 Å². The van der Waals surface area contributed by atoms with E-state index in [4.69, 9.17) is 10.6 Å². The van der Waals surface area contributed by atoms with Gasteiger partial charge < -0.3 is 4.74 Å². The van der Waals surface area contributed by atoms with Crippen LogP contribution in [0.4, 0.5) is 0 Å². The van der Waals surface area contributed by atoms with Crippen LogP contribution in [0.25, 0.3) is 0 Å². The molecule has 1 heterocycles. The molecule has 1 amide bonds. The second-order valence-electron chi connectivity index (χ2n) is 4.29. The molecule has 0 aromatic heterocycles. The second-order valence-corrected chi connectivity index (χ2v) is 4.29. The Balaban J connectivity index is 2.08. The van der Waals surface area contributed by atoms with Crippen molar-refractivity contribution in [2.24, 2.45) is 5.84 Å². The Morgan fingerprint density at radius 1 is 1.44 bits per heavy atom. The number of esters is 1. The van der Waals surface area contributed by atoms with Crippen molar-refractivity contribution in [2.45, 2.75) is 19.3 Å². The minimum Gasteiger partial charge on any atom is -0.462 e. The highest BCUT2D eigenvalue weighted by atomic mass is 16.5. The van der Waals surface area contributed by atoms with Crippen LogP contribution in [0.5, 0.6) is 0 Å². The summed E-state index contributed by atoms with van der Waals surface area (Å²) in [7, 11) is 0. The molecular weight excluding hydrogens is 232 g/mol. The van der Waals surface area contributed by atoms with Gasteiger partial charge in [-0.2, -0.15) is 0 Å². The molecule has 1 fully saturated rings. The van der Waals surface area contributed by atoms with Crippen molar-refractivity contribution in [1.82, 2.24) is 5.01 Å². The predicted molar refractivity (Wildman–Crippen MR) is 65.7 cm³/mol. The molecule has 1 aliphatic heterocycles. The SMILES string of the molecule is CCOC(=O)c1ccc(C2CC(=O)N(N)C2)cc1. The molecule has 18 heavy (non-hydrogen) atoms. The molecule has 1 aliphatic rings. The number of hydrazine groups is 1. The van der Waals surface area contributed by atoms with Gasteiger partial charge in [-0.25, -0.2) is 10.6 Å². The Labute approximate surface area is 105 Å². The van der Waals surface area contributed by atoms with Crippen molar-refractivity contribution in [1.29, 1.82) is 0 Å². The van der Waals surface area contributed by atoms with Crippen LogP contribution in [-0.4, -0.2) is 30.0 Å². The standard InChI is InChI=1S/C13H16N2O3/c1-2-18-13(17)10-5-3-9(4-6-10)11-7-12(16)15(14)8-11/h3-6,11H,2,7-8,14H2,1H3. The average Bonchev–Trinajstić information content (AvgIpc) is 2.70. The van der Waals surface area contributed by atoms with Gasteiger partial charge in [0, 0.05) is 18.9 Å². The van der Waals surface area contributed by atoms with E-state index in [1.165, 1.54) is 5.01 Å². The fourth-order valence-electron chi connectivity index (χ4n) is 2.06. The number of nitrogens with two attached hydrogens (primary N) is 1. The van der Waals surface area contributed by atoms with E-state index in [1.807, 2.05) is 12.1 Å². The van der Waals surface area contributed by atoms with Gasteiger partial charge in [-0.1, -0.05) is 12.1 Å². The zero-order chi connectivity index (χ0) is 13.1. The number of hydrogen-bond acceptors (Lipinski definition) is 4. The van der Waals surface area contributed by atoms with Gasteiger partial charge >= 0.3 is 5.97 Å². The molecule has 0 saturated carbocycles. The lowest BCUT2D eigenvalue weighted by Crippen LogP contribution is -2.31. The number of rotatable bonds is 3. The first-order valence-corrected chi connectivity index (χ1v) is 5.94. The van der Waals surface area contributed by atoms with E-state index in [0.717, 1.165) is 5.56 Å². The summed E-state index contributed by atoms with van der Waals surface area (Å²) in [5, 5.41) is 1.24. The molecule has 1 aromatic rings. The van der Waals surface area contributed by atoms with E-state index in [0.29, 0.717) is 25.1 Å². The Hall–Kier alpha value is -1.88. The first kappa shape index (κ1) is 12.6. The van der Waals surface area contributed by atoms with E-state index >= 15 is 0 Å². The summed E-state index contributed by atoms with van der Waals surface area (Å²) in [6, 6.07) is 7.14. The van der Waals surface area contributed by atoms with Gasteiger partial charge in [0.1, 0.15) is 0 Å². The first-order valence-electron chi connectivity index (χ1n) is 5.94. The molecule has 5 nitrogen and oxygen atoms in total. The van der Waals surface area contributed by atoms with Crippen LogP contribution in [0.1, 0.15) is 35.2 Å². The van der Waals surface area contributed by atoms with Gasteiger partial charge in [-0.15, -0.1) is 0 Å². The number of ether oxygens (including phenoxy) is 1. The van der Waals surface area contributed by atoms with Crippen LogP contribution in [0.3, 0.4) is 0 Å². The van der Waals surface area contributed by atoms with Crippen LogP contribution >= 0.6 is 0 Å². The van der Waals surface area contributed by atoms with Crippen molar-refractivity contribution < 1.29 is 14.3 Å². The van der Waals surface area contributed by atoms with Crippen molar-refractivity contribution in [3.8, 4) is 0 Å². The van der Waals surface area contributed by atoms with Crippen molar-refractivity contribution in [3.05, 3.63) is 35.4 Å². The minimum absolute atomic E-state index is 0.0468. The van der Waals surface area contributed by atoms with Gasteiger partial charge in [0.15, 0.2) is 0 Å². The minimum atomic E-state index is -0.327. The maximum atomic E-state index is 11.5. The van der Waals surface area contributed by atoms with Gasteiger partial charge in [0.25, 0.3) is 0 Å². The molecule has 0 spiro atoms. The van der Waals surface area contributed by atoms with Gasteiger partial charge in [0.2, 0.25) is 5.91 Å². The van der Waals surface area contributed by atoms with Crippen LogP contribution in [0, 0.1) is 0 Å². The number of nitrogens with zero attached hydrogens (tertiary/aromatic N) is 1. The van der Waals surface area contributed by atoms with Crippen molar-refractivity contribution in [3.63, 3.8) is 0 Å². The summed E-state index contributed by atoms with van der Waals surface area (Å²) in [5.41, 5.74) is 1.54. The summed E-state index contributed by atoms with van der Waals surface area (Å²) in [6.07, 6.45) is 0.426. The Morgan fingerprint density at radius 2 is 2.11 bits per heavy atom. The third kappa shape index (κ3) is 2.51. The number of benzene rings is 1. The zero-order valence-electron chi connectivity index (χ0n) is 10.3. The quantitative estimate of drug-likeness (QED) is 0.493. The van der Waals surface area contributed by atoms with Gasteiger partial charge in [-0.3, -0.25) is 9.80 Å². The highest BCUT2D eigenvalue weighted by Gasteiger charge is 2.28. The third-order valence-electron chi connectivity index (χ3n) is 3.05. The molecule has 0 bridgehead atoms. The summed E-state index contributed by atoms with van der Waals surface area (Å²) in [5.74, 6) is 5.27. The molecule has 1 aromatic carbocycles. The second kappa shape index (κ2) is 5.18. The molecule has 2 N–H and O–H groups in total. The molecule has 1 saturated heterocycles. The molecular formula is C13H16N2O3. The Kier molecular flexibility index (Phi) is 3.62. The fourth-order valence-corrected chi connectivity index (χ4v) is 2.06. The van der Waals surface area contributed by atoms with E-state index in [2.05, 4.69) is 0 Å². The summed E-state index contributed by atoms with van der Waals surface area (Å²) in [4.78, 5) is 22.8. The maximum Gasteiger partial charge on any atom is 0.338 e. The normalized spacial score (nSPS) is 19.1. The largest absolute Gasteiger partial charge is 0.462 e. The topological polar surface area (TPSA) is 72.6 Å². The van der Waals surface area contributed by atoms with Crippen LogP contribution in [0.2, 0.25) is 0 Å². The van der Waals surface area contributed by atoms with Crippen LogP contribution < -0.4 is 5.84 Å².